The second-order valence-electron chi connectivity index (χ2n) is 4.67. The zero-order valence-corrected chi connectivity index (χ0v) is 10.5. The van der Waals surface area contributed by atoms with E-state index in [4.69, 9.17) is 5.73 Å². The third kappa shape index (κ3) is 6.26. The Labute approximate surface area is 103 Å². The van der Waals surface area contributed by atoms with E-state index in [1.54, 1.807) is 0 Å². The van der Waals surface area contributed by atoms with Gasteiger partial charge in [0.2, 0.25) is 11.8 Å². The maximum atomic E-state index is 11.4. The van der Waals surface area contributed by atoms with Gasteiger partial charge in [0.05, 0.1) is 0 Å². The fourth-order valence-corrected chi connectivity index (χ4v) is 1.66. The highest BCUT2D eigenvalue weighted by Crippen LogP contribution is 2.28. The summed E-state index contributed by atoms with van der Waals surface area (Å²) < 4.78 is 0. The maximum absolute atomic E-state index is 11.4. The SMILES string of the molecule is CCCC(N)CC(=O)NCCNC(=O)C1CC1. The van der Waals surface area contributed by atoms with Crippen molar-refractivity contribution in [3.8, 4) is 0 Å². The smallest absolute Gasteiger partial charge is 0.223 e. The molecule has 1 aliphatic carbocycles. The molecule has 1 unspecified atom stereocenters. The van der Waals surface area contributed by atoms with Gasteiger partial charge in [-0.2, -0.15) is 0 Å². The van der Waals surface area contributed by atoms with Crippen molar-refractivity contribution in [3.05, 3.63) is 0 Å². The summed E-state index contributed by atoms with van der Waals surface area (Å²) in [5.74, 6) is 0.303. The third-order valence-electron chi connectivity index (χ3n) is 2.80. The van der Waals surface area contributed by atoms with Crippen molar-refractivity contribution in [2.45, 2.75) is 45.1 Å². The molecule has 0 heterocycles. The van der Waals surface area contributed by atoms with E-state index in [1.165, 1.54) is 0 Å². The minimum atomic E-state index is -0.0546. The number of hydrogen-bond acceptors (Lipinski definition) is 3. The normalized spacial score (nSPS) is 16.4. The molecule has 98 valence electrons. The van der Waals surface area contributed by atoms with Gasteiger partial charge in [0.15, 0.2) is 0 Å². The van der Waals surface area contributed by atoms with Crippen molar-refractivity contribution in [2.75, 3.05) is 13.1 Å². The highest BCUT2D eigenvalue weighted by Gasteiger charge is 2.28. The van der Waals surface area contributed by atoms with E-state index in [9.17, 15) is 9.59 Å². The molecule has 0 aromatic heterocycles. The molecule has 0 aromatic rings. The van der Waals surface area contributed by atoms with Gasteiger partial charge in [-0.25, -0.2) is 0 Å². The van der Waals surface area contributed by atoms with Crippen LogP contribution in [0.25, 0.3) is 0 Å². The van der Waals surface area contributed by atoms with Gasteiger partial charge in [-0.15, -0.1) is 0 Å². The molecule has 1 rings (SSSR count). The summed E-state index contributed by atoms with van der Waals surface area (Å²) in [6.45, 7) is 3.03. The minimum absolute atomic E-state index is 0.0355. The van der Waals surface area contributed by atoms with Gasteiger partial charge in [-0.1, -0.05) is 13.3 Å². The van der Waals surface area contributed by atoms with Crippen LogP contribution in [0.1, 0.15) is 39.0 Å². The number of amides is 2. The maximum Gasteiger partial charge on any atom is 0.223 e. The summed E-state index contributed by atoms with van der Waals surface area (Å²) in [5.41, 5.74) is 5.76. The van der Waals surface area contributed by atoms with Gasteiger partial charge in [0.25, 0.3) is 0 Å². The van der Waals surface area contributed by atoms with Gasteiger partial charge in [-0.05, 0) is 19.3 Å². The van der Waals surface area contributed by atoms with Crippen LogP contribution in [0.15, 0.2) is 0 Å². The first kappa shape index (κ1) is 14.0. The van der Waals surface area contributed by atoms with Crippen LogP contribution in [0.3, 0.4) is 0 Å². The van der Waals surface area contributed by atoms with Crippen LogP contribution in [0.4, 0.5) is 0 Å². The van der Waals surface area contributed by atoms with Crippen molar-refractivity contribution in [3.63, 3.8) is 0 Å². The summed E-state index contributed by atoms with van der Waals surface area (Å²) in [4.78, 5) is 22.7. The van der Waals surface area contributed by atoms with E-state index in [1.807, 2.05) is 6.92 Å². The van der Waals surface area contributed by atoms with E-state index in [-0.39, 0.29) is 23.8 Å². The van der Waals surface area contributed by atoms with Crippen LogP contribution in [-0.2, 0) is 9.59 Å². The second kappa shape index (κ2) is 7.27. The van der Waals surface area contributed by atoms with Gasteiger partial charge >= 0.3 is 0 Å². The predicted octanol–water partition coefficient (Wildman–Crippen LogP) is 0.146. The number of rotatable bonds is 8. The van der Waals surface area contributed by atoms with E-state index < -0.39 is 0 Å². The van der Waals surface area contributed by atoms with E-state index in [0.29, 0.717) is 19.5 Å². The lowest BCUT2D eigenvalue weighted by Crippen LogP contribution is -2.37. The van der Waals surface area contributed by atoms with Gasteiger partial charge in [0.1, 0.15) is 0 Å². The fraction of sp³-hybridized carbons (Fsp3) is 0.833. The Hall–Kier alpha value is -1.10. The Balaban J connectivity index is 1.97. The monoisotopic (exact) mass is 241 g/mol. The van der Waals surface area contributed by atoms with Crippen molar-refractivity contribution in [1.29, 1.82) is 0 Å². The standard InChI is InChI=1S/C12H23N3O2/c1-2-3-10(13)8-11(16)14-6-7-15-12(17)9-4-5-9/h9-10H,2-8,13H2,1H3,(H,14,16)(H,15,17). The van der Waals surface area contributed by atoms with Gasteiger partial charge in [0, 0.05) is 31.5 Å². The van der Waals surface area contributed by atoms with Crippen molar-refractivity contribution < 1.29 is 9.59 Å². The molecular weight excluding hydrogens is 218 g/mol. The van der Waals surface area contributed by atoms with Crippen LogP contribution < -0.4 is 16.4 Å². The Bertz CT molecular complexity index is 264. The van der Waals surface area contributed by atoms with Crippen LogP contribution in [0, 0.1) is 5.92 Å². The van der Waals surface area contributed by atoms with Gasteiger partial charge in [-0.3, -0.25) is 9.59 Å². The van der Waals surface area contributed by atoms with E-state index in [0.717, 1.165) is 25.7 Å². The highest BCUT2D eigenvalue weighted by molar-refractivity contribution is 5.81. The van der Waals surface area contributed by atoms with Crippen LogP contribution in [0.5, 0.6) is 0 Å². The quantitative estimate of drug-likeness (QED) is 0.529. The lowest BCUT2D eigenvalue weighted by atomic mass is 10.1. The minimum Gasteiger partial charge on any atom is -0.354 e. The Morgan fingerprint density at radius 2 is 1.94 bits per heavy atom. The highest BCUT2D eigenvalue weighted by atomic mass is 16.2. The van der Waals surface area contributed by atoms with Crippen molar-refractivity contribution in [1.82, 2.24) is 10.6 Å². The third-order valence-corrected chi connectivity index (χ3v) is 2.80. The molecule has 0 aliphatic heterocycles. The molecule has 5 nitrogen and oxygen atoms in total. The molecule has 0 bridgehead atoms. The zero-order chi connectivity index (χ0) is 12.7. The number of hydrogen-bond donors (Lipinski definition) is 3. The molecule has 1 saturated carbocycles. The molecule has 2 amide bonds. The Morgan fingerprint density at radius 3 is 2.53 bits per heavy atom. The summed E-state index contributed by atoms with van der Waals surface area (Å²) in [5, 5.41) is 5.55. The predicted molar refractivity (Wildman–Crippen MR) is 66.2 cm³/mol. The van der Waals surface area contributed by atoms with Crippen molar-refractivity contribution in [2.24, 2.45) is 11.7 Å². The number of carbonyl (C=O) groups is 2. The fourth-order valence-electron chi connectivity index (χ4n) is 1.66. The molecular formula is C12H23N3O2. The molecule has 5 heteroatoms. The number of nitrogens with two attached hydrogens (primary N) is 1. The lowest BCUT2D eigenvalue weighted by Gasteiger charge is -2.10. The molecule has 1 aliphatic rings. The average molecular weight is 241 g/mol. The molecule has 4 N–H and O–H groups in total. The molecule has 17 heavy (non-hydrogen) atoms. The molecule has 1 atom stereocenters. The summed E-state index contributed by atoms with van der Waals surface area (Å²) in [6, 6.07) is -0.0546. The lowest BCUT2D eigenvalue weighted by molar-refractivity contribution is -0.123. The Kier molecular flexibility index (Phi) is 5.97. The zero-order valence-electron chi connectivity index (χ0n) is 10.5. The van der Waals surface area contributed by atoms with Gasteiger partial charge < -0.3 is 16.4 Å². The molecule has 1 fully saturated rings. The van der Waals surface area contributed by atoms with Crippen LogP contribution in [0.2, 0.25) is 0 Å². The summed E-state index contributed by atoms with van der Waals surface area (Å²) in [7, 11) is 0. The largest absolute Gasteiger partial charge is 0.354 e. The number of nitrogens with one attached hydrogen (secondary N) is 2. The summed E-state index contributed by atoms with van der Waals surface area (Å²) in [6.07, 6.45) is 4.23. The first-order chi connectivity index (χ1) is 8.13. The van der Waals surface area contributed by atoms with Crippen LogP contribution >= 0.6 is 0 Å². The first-order valence-electron chi connectivity index (χ1n) is 6.43. The number of carbonyl (C=O) groups excluding carboxylic acids is 2. The van der Waals surface area contributed by atoms with Crippen molar-refractivity contribution >= 4 is 11.8 Å². The molecule has 0 saturated heterocycles. The summed E-state index contributed by atoms with van der Waals surface area (Å²) >= 11 is 0. The average Bonchev–Trinajstić information content (AvgIpc) is 3.08. The Morgan fingerprint density at radius 1 is 1.29 bits per heavy atom. The first-order valence-corrected chi connectivity index (χ1v) is 6.43. The second-order valence-corrected chi connectivity index (χ2v) is 4.67. The van der Waals surface area contributed by atoms with E-state index >= 15 is 0 Å². The molecule has 0 aromatic carbocycles. The van der Waals surface area contributed by atoms with Crippen LogP contribution in [-0.4, -0.2) is 30.9 Å². The van der Waals surface area contributed by atoms with E-state index in [2.05, 4.69) is 10.6 Å². The molecule has 0 radical (unpaired) electrons. The molecule has 0 spiro atoms. The topological polar surface area (TPSA) is 84.2 Å².